The zero-order valence-electron chi connectivity index (χ0n) is 12.3. The number of carbonyl (C=O) groups excluding carboxylic acids is 1. The van der Waals surface area contributed by atoms with Crippen molar-refractivity contribution in [1.82, 2.24) is 9.03 Å². The molecule has 1 aromatic rings. The van der Waals surface area contributed by atoms with Gasteiger partial charge in [0.1, 0.15) is 5.75 Å². The minimum atomic E-state index is -3.77. The number of carbonyl (C=O) groups is 1. The van der Waals surface area contributed by atoms with E-state index < -0.39 is 16.1 Å². The number of benzene rings is 1. The fourth-order valence-electron chi connectivity index (χ4n) is 2.31. The quantitative estimate of drug-likeness (QED) is 0.913. The molecule has 0 saturated carbocycles. The first-order valence-corrected chi connectivity index (χ1v) is 8.35. The molecule has 1 aliphatic heterocycles. The van der Waals surface area contributed by atoms with Gasteiger partial charge in [-0.2, -0.15) is 12.7 Å². The topological polar surface area (TPSA) is 75.7 Å². The van der Waals surface area contributed by atoms with E-state index in [2.05, 4.69) is 4.72 Å². The van der Waals surface area contributed by atoms with Gasteiger partial charge < -0.3 is 4.74 Å². The van der Waals surface area contributed by atoms with E-state index in [4.69, 9.17) is 4.74 Å². The van der Waals surface area contributed by atoms with E-state index in [9.17, 15) is 13.2 Å². The van der Waals surface area contributed by atoms with Crippen LogP contribution in [0.4, 0.5) is 0 Å². The molecule has 1 aliphatic rings. The second-order valence-electron chi connectivity index (χ2n) is 5.08. The summed E-state index contributed by atoms with van der Waals surface area (Å²) in [5.41, 5.74) is 1.14. The third kappa shape index (κ3) is 3.74. The Morgan fingerprint density at radius 3 is 2.52 bits per heavy atom. The fraction of sp³-hybridized carbons (Fsp3) is 0.500. The minimum absolute atomic E-state index is 0.262. The Labute approximate surface area is 125 Å². The van der Waals surface area contributed by atoms with Gasteiger partial charge >= 0.3 is 10.2 Å². The van der Waals surface area contributed by atoms with Crippen LogP contribution < -0.4 is 9.46 Å². The Bertz CT molecular complexity index is 622. The predicted molar refractivity (Wildman–Crippen MR) is 79.5 cm³/mol. The first-order chi connectivity index (χ1) is 9.94. The van der Waals surface area contributed by atoms with Crippen LogP contribution >= 0.6 is 0 Å². The van der Waals surface area contributed by atoms with Gasteiger partial charge in [0.15, 0.2) is 0 Å². The number of piperidine rings is 1. The maximum absolute atomic E-state index is 12.2. The Morgan fingerprint density at radius 2 is 1.90 bits per heavy atom. The maximum Gasteiger partial charge on any atom is 0.304 e. The van der Waals surface area contributed by atoms with Gasteiger partial charge in [-0.25, -0.2) is 4.72 Å². The van der Waals surface area contributed by atoms with Crippen molar-refractivity contribution in [2.75, 3.05) is 20.2 Å². The number of hydrogen-bond acceptors (Lipinski definition) is 4. The summed E-state index contributed by atoms with van der Waals surface area (Å²) in [5, 5.41) is 0. The van der Waals surface area contributed by atoms with Crippen molar-refractivity contribution in [2.45, 2.75) is 26.2 Å². The van der Waals surface area contributed by atoms with Crippen LogP contribution in [0.2, 0.25) is 0 Å². The van der Waals surface area contributed by atoms with Gasteiger partial charge in [-0.15, -0.1) is 0 Å². The number of aryl methyl sites for hydroxylation is 1. The molecule has 116 valence electrons. The Kier molecular flexibility index (Phi) is 4.84. The van der Waals surface area contributed by atoms with E-state index >= 15 is 0 Å². The zero-order chi connectivity index (χ0) is 15.5. The van der Waals surface area contributed by atoms with E-state index in [0.29, 0.717) is 18.8 Å². The summed E-state index contributed by atoms with van der Waals surface area (Å²) in [4.78, 5) is 12.1. The van der Waals surface area contributed by atoms with Gasteiger partial charge in [0.25, 0.3) is 5.91 Å². The SMILES string of the molecule is COc1cc(C(=O)NS(=O)(=O)N2CCCCC2)ccc1C. The number of hydrogen-bond donors (Lipinski definition) is 1. The summed E-state index contributed by atoms with van der Waals surface area (Å²) in [6.07, 6.45) is 2.68. The summed E-state index contributed by atoms with van der Waals surface area (Å²) >= 11 is 0. The highest BCUT2D eigenvalue weighted by molar-refractivity contribution is 7.87. The maximum atomic E-state index is 12.2. The molecule has 0 aromatic heterocycles. The van der Waals surface area contributed by atoms with E-state index in [1.807, 2.05) is 6.92 Å². The van der Waals surface area contributed by atoms with Crippen LogP contribution in [0, 0.1) is 6.92 Å². The van der Waals surface area contributed by atoms with Crippen molar-refractivity contribution >= 4 is 16.1 Å². The summed E-state index contributed by atoms with van der Waals surface area (Å²) in [7, 11) is -2.26. The molecule has 0 aliphatic carbocycles. The van der Waals surface area contributed by atoms with Crippen molar-refractivity contribution in [3.63, 3.8) is 0 Å². The average Bonchev–Trinajstić information content (AvgIpc) is 2.48. The molecule has 0 radical (unpaired) electrons. The molecule has 1 N–H and O–H groups in total. The smallest absolute Gasteiger partial charge is 0.304 e. The monoisotopic (exact) mass is 312 g/mol. The van der Waals surface area contributed by atoms with Crippen LogP contribution in [0.1, 0.15) is 35.2 Å². The molecular weight excluding hydrogens is 292 g/mol. The Morgan fingerprint density at radius 1 is 1.24 bits per heavy atom. The Balaban J connectivity index is 2.13. The molecule has 0 spiro atoms. The summed E-state index contributed by atoms with van der Waals surface area (Å²) in [5.74, 6) is -0.0862. The number of methoxy groups -OCH3 is 1. The molecule has 6 nitrogen and oxygen atoms in total. The van der Waals surface area contributed by atoms with Crippen LogP contribution in [0.3, 0.4) is 0 Å². The lowest BCUT2D eigenvalue weighted by Gasteiger charge is -2.25. The van der Waals surface area contributed by atoms with E-state index in [0.717, 1.165) is 24.8 Å². The molecule has 1 amide bonds. The first kappa shape index (κ1) is 15.8. The van der Waals surface area contributed by atoms with Crippen LogP contribution in [-0.4, -0.2) is 38.8 Å². The second-order valence-corrected chi connectivity index (χ2v) is 6.75. The molecule has 2 rings (SSSR count). The van der Waals surface area contributed by atoms with Crippen LogP contribution in [0.5, 0.6) is 5.75 Å². The molecule has 1 fully saturated rings. The average molecular weight is 312 g/mol. The molecule has 1 aromatic carbocycles. The van der Waals surface area contributed by atoms with Crippen molar-refractivity contribution in [1.29, 1.82) is 0 Å². The highest BCUT2D eigenvalue weighted by Crippen LogP contribution is 2.19. The number of amides is 1. The predicted octanol–water partition coefficient (Wildman–Crippen LogP) is 1.46. The van der Waals surface area contributed by atoms with Crippen molar-refractivity contribution < 1.29 is 17.9 Å². The second kappa shape index (κ2) is 6.44. The first-order valence-electron chi connectivity index (χ1n) is 6.91. The van der Waals surface area contributed by atoms with Crippen LogP contribution in [-0.2, 0) is 10.2 Å². The Hall–Kier alpha value is -1.60. The van der Waals surface area contributed by atoms with Gasteiger partial charge in [-0.1, -0.05) is 12.5 Å². The fourth-order valence-corrected chi connectivity index (χ4v) is 3.53. The van der Waals surface area contributed by atoms with Crippen molar-refractivity contribution in [2.24, 2.45) is 0 Å². The molecule has 0 unspecified atom stereocenters. The van der Waals surface area contributed by atoms with Gasteiger partial charge in [0.05, 0.1) is 7.11 Å². The third-order valence-electron chi connectivity index (χ3n) is 3.55. The molecule has 21 heavy (non-hydrogen) atoms. The van der Waals surface area contributed by atoms with Crippen LogP contribution in [0.25, 0.3) is 0 Å². The van der Waals surface area contributed by atoms with Gasteiger partial charge in [-0.05, 0) is 37.5 Å². The molecular formula is C14H20N2O4S. The van der Waals surface area contributed by atoms with Gasteiger partial charge in [0, 0.05) is 18.7 Å². The molecule has 7 heteroatoms. The molecule has 0 bridgehead atoms. The summed E-state index contributed by atoms with van der Waals surface area (Å²) in [6.45, 7) is 2.77. The van der Waals surface area contributed by atoms with Crippen molar-refractivity contribution in [3.8, 4) is 5.75 Å². The zero-order valence-corrected chi connectivity index (χ0v) is 13.1. The number of nitrogens with one attached hydrogen (secondary N) is 1. The summed E-state index contributed by atoms with van der Waals surface area (Å²) in [6, 6.07) is 4.84. The number of ether oxygens (including phenoxy) is 1. The van der Waals surface area contributed by atoms with E-state index in [1.54, 1.807) is 12.1 Å². The van der Waals surface area contributed by atoms with E-state index in [1.165, 1.54) is 17.5 Å². The normalized spacial score (nSPS) is 16.5. The van der Waals surface area contributed by atoms with Gasteiger partial charge in [-0.3, -0.25) is 4.79 Å². The third-order valence-corrected chi connectivity index (χ3v) is 5.04. The van der Waals surface area contributed by atoms with Crippen molar-refractivity contribution in [3.05, 3.63) is 29.3 Å². The minimum Gasteiger partial charge on any atom is -0.496 e. The lowest BCUT2D eigenvalue weighted by Crippen LogP contribution is -2.45. The highest BCUT2D eigenvalue weighted by atomic mass is 32.2. The van der Waals surface area contributed by atoms with E-state index in [-0.39, 0.29) is 5.56 Å². The van der Waals surface area contributed by atoms with Crippen LogP contribution in [0.15, 0.2) is 18.2 Å². The molecule has 1 heterocycles. The highest BCUT2D eigenvalue weighted by Gasteiger charge is 2.26. The van der Waals surface area contributed by atoms with Gasteiger partial charge in [0.2, 0.25) is 0 Å². The summed E-state index contributed by atoms with van der Waals surface area (Å²) < 4.78 is 32.9. The lowest BCUT2D eigenvalue weighted by molar-refractivity contribution is 0.0978. The standard InChI is InChI=1S/C14H20N2O4S/c1-11-6-7-12(10-13(11)20-2)14(17)15-21(18,19)16-8-4-3-5-9-16/h6-7,10H,3-5,8-9H2,1-2H3,(H,15,17). The number of nitrogens with zero attached hydrogens (tertiary/aromatic N) is 1. The lowest BCUT2D eigenvalue weighted by atomic mass is 10.1. The molecule has 0 atom stereocenters. The molecule has 1 saturated heterocycles. The number of rotatable bonds is 4. The largest absolute Gasteiger partial charge is 0.496 e.